The van der Waals surface area contributed by atoms with Gasteiger partial charge in [-0.05, 0) is 12.3 Å². The van der Waals surface area contributed by atoms with Crippen LogP contribution in [0.2, 0.25) is 0 Å². The predicted octanol–water partition coefficient (Wildman–Crippen LogP) is 2.18. The van der Waals surface area contributed by atoms with Crippen molar-refractivity contribution in [3.05, 3.63) is 24.3 Å². The Bertz CT molecular complexity index is 347. The zero-order valence-corrected chi connectivity index (χ0v) is 10.1. The van der Waals surface area contributed by atoms with Crippen LogP contribution in [0.1, 0.15) is 49.0 Å². The molecular weight excluding hydrogens is 214 g/mol. The second kappa shape index (κ2) is 6.33. The SMILES string of the molecule is O=C(NCCC1CCCCC1)c1cnccn1. The molecule has 0 aromatic carbocycles. The molecule has 17 heavy (non-hydrogen) atoms. The highest BCUT2D eigenvalue weighted by molar-refractivity contribution is 5.91. The molecule has 1 aliphatic rings. The zero-order valence-electron chi connectivity index (χ0n) is 10.1. The summed E-state index contributed by atoms with van der Waals surface area (Å²) in [4.78, 5) is 19.5. The fraction of sp³-hybridized carbons (Fsp3) is 0.615. The van der Waals surface area contributed by atoms with Crippen LogP contribution in [0.25, 0.3) is 0 Å². The number of aromatic nitrogens is 2. The molecule has 2 rings (SSSR count). The molecule has 1 N–H and O–H groups in total. The first kappa shape index (κ1) is 12.0. The van der Waals surface area contributed by atoms with Gasteiger partial charge in [-0.2, -0.15) is 0 Å². The van der Waals surface area contributed by atoms with Gasteiger partial charge in [0.1, 0.15) is 5.69 Å². The number of carbonyl (C=O) groups excluding carboxylic acids is 1. The van der Waals surface area contributed by atoms with Gasteiger partial charge in [0.2, 0.25) is 0 Å². The largest absolute Gasteiger partial charge is 0.351 e. The van der Waals surface area contributed by atoms with E-state index in [1.165, 1.54) is 44.5 Å². The summed E-state index contributed by atoms with van der Waals surface area (Å²) in [6.45, 7) is 0.750. The zero-order chi connectivity index (χ0) is 11.9. The minimum Gasteiger partial charge on any atom is -0.351 e. The van der Waals surface area contributed by atoms with E-state index in [4.69, 9.17) is 0 Å². The summed E-state index contributed by atoms with van der Waals surface area (Å²) in [5.74, 6) is 0.680. The maximum atomic E-state index is 11.7. The molecule has 0 spiro atoms. The van der Waals surface area contributed by atoms with Gasteiger partial charge in [-0.15, -0.1) is 0 Å². The highest BCUT2D eigenvalue weighted by Gasteiger charge is 2.13. The average molecular weight is 233 g/mol. The number of amides is 1. The van der Waals surface area contributed by atoms with Gasteiger partial charge in [0, 0.05) is 18.9 Å². The third kappa shape index (κ3) is 3.80. The summed E-state index contributed by atoms with van der Waals surface area (Å²) in [5, 5.41) is 2.90. The van der Waals surface area contributed by atoms with Crippen LogP contribution in [0.5, 0.6) is 0 Å². The van der Waals surface area contributed by atoms with E-state index in [0.29, 0.717) is 5.69 Å². The number of hydrogen-bond donors (Lipinski definition) is 1. The number of rotatable bonds is 4. The van der Waals surface area contributed by atoms with Gasteiger partial charge in [-0.1, -0.05) is 32.1 Å². The normalized spacial score (nSPS) is 16.7. The Kier molecular flexibility index (Phi) is 4.47. The summed E-state index contributed by atoms with van der Waals surface area (Å²) in [6.07, 6.45) is 12.4. The van der Waals surface area contributed by atoms with E-state index in [2.05, 4.69) is 15.3 Å². The van der Waals surface area contributed by atoms with E-state index < -0.39 is 0 Å². The van der Waals surface area contributed by atoms with Crippen molar-refractivity contribution in [3.8, 4) is 0 Å². The summed E-state index contributed by atoms with van der Waals surface area (Å²) in [5.41, 5.74) is 0.399. The Morgan fingerprint density at radius 2 is 2.12 bits per heavy atom. The van der Waals surface area contributed by atoms with Crippen molar-refractivity contribution in [3.63, 3.8) is 0 Å². The molecule has 1 aliphatic carbocycles. The summed E-state index contributed by atoms with van der Waals surface area (Å²) >= 11 is 0. The highest BCUT2D eigenvalue weighted by atomic mass is 16.1. The number of nitrogens with one attached hydrogen (secondary N) is 1. The van der Waals surface area contributed by atoms with Crippen LogP contribution in [0.15, 0.2) is 18.6 Å². The summed E-state index contributed by atoms with van der Waals surface area (Å²) < 4.78 is 0. The lowest BCUT2D eigenvalue weighted by Gasteiger charge is -2.21. The van der Waals surface area contributed by atoms with Crippen LogP contribution in [-0.4, -0.2) is 22.4 Å². The second-order valence-corrected chi connectivity index (χ2v) is 4.64. The van der Waals surface area contributed by atoms with Crippen molar-refractivity contribution in [2.75, 3.05) is 6.54 Å². The van der Waals surface area contributed by atoms with E-state index in [1.54, 1.807) is 6.20 Å². The molecule has 0 atom stereocenters. The van der Waals surface area contributed by atoms with Crippen molar-refractivity contribution < 1.29 is 4.79 Å². The van der Waals surface area contributed by atoms with Crippen molar-refractivity contribution in [1.29, 1.82) is 0 Å². The highest BCUT2D eigenvalue weighted by Crippen LogP contribution is 2.25. The molecule has 1 heterocycles. The minimum absolute atomic E-state index is 0.117. The maximum absolute atomic E-state index is 11.7. The Labute approximate surface area is 102 Å². The van der Waals surface area contributed by atoms with Gasteiger partial charge in [-0.3, -0.25) is 9.78 Å². The van der Waals surface area contributed by atoms with E-state index in [0.717, 1.165) is 18.9 Å². The standard InChI is InChI=1S/C13H19N3O/c17-13(12-10-14-8-9-15-12)16-7-6-11-4-2-1-3-5-11/h8-11H,1-7H2,(H,16,17). The Morgan fingerprint density at radius 1 is 1.29 bits per heavy atom. The molecular formula is C13H19N3O. The van der Waals surface area contributed by atoms with Crippen LogP contribution in [0.3, 0.4) is 0 Å². The third-order valence-corrected chi connectivity index (χ3v) is 3.36. The van der Waals surface area contributed by atoms with E-state index in [-0.39, 0.29) is 5.91 Å². The first-order chi connectivity index (χ1) is 8.36. The lowest BCUT2D eigenvalue weighted by molar-refractivity contribution is 0.0945. The minimum atomic E-state index is -0.117. The Morgan fingerprint density at radius 3 is 2.82 bits per heavy atom. The van der Waals surface area contributed by atoms with Crippen molar-refractivity contribution >= 4 is 5.91 Å². The molecule has 0 saturated heterocycles. The lowest BCUT2D eigenvalue weighted by Crippen LogP contribution is -2.27. The molecule has 1 amide bonds. The molecule has 4 nitrogen and oxygen atoms in total. The van der Waals surface area contributed by atoms with E-state index in [9.17, 15) is 4.79 Å². The summed E-state index contributed by atoms with van der Waals surface area (Å²) in [6, 6.07) is 0. The number of nitrogens with zero attached hydrogens (tertiary/aromatic N) is 2. The molecule has 92 valence electrons. The maximum Gasteiger partial charge on any atom is 0.271 e. The predicted molar refractivity (Wildman–Crippen MR) is 65.6 cm³/mol. The van der Waals surface area contributed by atoms with Gasteiger partial charge in [-0.25, -0.2) is 4.98 Å². The first-order valence-corrected chi connectivity index (χ1v) is 6.40. The number of carbonyl (C=O) groups is 1. The van der Waals surface area contributed by atoms with Crippen LogP contribution < -0.4 is 5.32 Å². The average Bonchev–Trinajstić information content (AvgIpc) is 2.41. The third-order valence-electron chi connectivity index (χ3n) is 3.36. The molecule has 0 aliphatic heterocycles. The van der Waals surface area contributed by atoms with Crippen LogP contribution in [0.4, 0.5) is 0 Å². The van der Waals surface area contributed by atoms with Crippen molar-refractivity contribution in [2.24, 2.45) is 5.92 Å². The van der Waals surface area contributed by atoms with Crippen molar-refractivity contribution in [1.82, 2.24) is 15.3 Å². The molecule has 1 saturated carbocycles. The topological polar surface area (TPSA) is 54.9 Å². The number of hydrogen-bond acceptors (Lipinski definition) is 3. The molecule has 1 aromatic rings. The molecule has 1 aromatic heterocycles. The molecule has 0 bridgehead atoms. The first-order valence-electron chi connectivity index (χ1n) is 6.40. The molecule has 4 heteroatoms. The van der Waals surface area contributed by atoms with Gasteiger partial charge in [0.15, 0.2) is 0 Å². The Hall–Kier alpha value is -1.45. The monoisotopic (exact) mass is 233 g/mol. The Balaban J connectivity index is 1.69. The van der Waals surface area contributed by atoms with Crippen molar-refractivity contribution in [2.45, 2.75) is 38.5 Å². The van der Waals surface area contributed by atoms with Crippen LogP contribution in [0, 0.1) is 5.92 Å². The van der Waals surface area contributed by atoms with Gasteiger partial charge < -0.3 is 5.32 Å². The van der Waals surface area contributed by atoms with E-state index >= 15 is 0 Å². The summed E-state index contributed by atoms with van der Waals surface area (Å²) in [7, 11) is 0. The fourth-order valence-electron chi connectivity index (χ4n) is 2.37. The van der Waals surface area contributed by atoms with E-state index in [1.807, 2.05) is 0 Å². The van der Waals surface area contributed by atoms with Gasteiger partial charge >= 0.3 is 0 Å². The quantitative estimate of drug-likeness (QED) is 0.867. The molecule has 0 unspecified atom stereocenters. The second-order valence-electron chi connectivity index (χ2n) is 4.64. The molecule has 1 fully saturated rings. The lowest BCUT2D eigenvalue weighted by atomic mass is 9.87. The van der Waals surface area contributed by atoms with Gasteiger partial charge in [0.05, 0.1) is 6.20 Å². The smallest absolute Gasteiger partial charge is 0.271 e. The van der Waals surface area contributed by atoms with Gasteiger partial charge in [0.25, 0.3) is 5.91 Å². The van der Waals surface area contributed by atoms with Crippen LogP contribution in [-0.2, 0) is 0 Å². The van der Waals surface area contributed by atoms with Crippen LogP contribution >= 0.6 is 0 Å². The fourth-order valence-corrected chi connectivity index (χ4v) is 2.37. The molecule has 0 radical (unpaired) electrons.